The molecule has 0 aromatic heterocycles. The zero-order chi connectivity index (χ0) is 15.7. The standard InChI is InChI=1S/C13H5BrClF4NO/c14-6-1-5(2-7(15)3-6)13(21)20-12-10(18)8(16)4-9(17)11(12)19/h1-4H,(H,20,21). The van der Waals surface area contributed by atoms with Crippen molar-refractivity contribution in [2.75, 3.05) is 5.32 Å². The molecule has 2 rings (SSSR count). The highest BCUT2D eigenvalue weighted by molar-refractivity contribution is 9.10. The fourth-order valence-corrected chi connectivity index (χ4v) is 2.41. The van der Waals surface area contributed by atoms with E-state index in [-0.39, 0.29) is 16.7 Å². The van der Waals surface area contributed by atoms with Gasteiger partial charge in [-0.2, -0.15) is 0 Å². The van der Waals surface area contributed by atoms with E-state index in [0.29, 0.717) is 4.47 Å². The van der Waals surface area contributed by atoms with Crippen LogP contribution in [0, 0.1) is 23.3 Å². The maximum Gasteiger partial charge on any atom is 0.255 e. The van der Waals surface area contributed by atoms with Crippen LogP contribution in [0.1, 0.15) is 10.4 Å². The molecule has 2 nitrogen and oxygen atoms in total. The second-order valence-electron chi connectivity index (χ2n) is 3.96. The first-order chi connectivity index (χ1) is 9.79. The van der Waals surface area contributed by atoms with Crippen molar-refractivity contribution < 1.29 is 22.4 Å². The smallest absolute Gasteiger partial charge is 0.255 e. The van der Waals surface area contributed by atoms with Crippen LogP contribution in [0.15, 0.2) is 28.7 Å². The Bertz CT molecular complexity index is 692. The number of nitrogens with one attached hydrogen (secondary N) is 1. The van der Waals surface area contributed by atoms with Crippen molar-refractivity contribution in [1.29, 1.82) is 0 Å². The summed E-state index contributed by atoms with van der Waals surface area (Å²) in [6, 6.07) is 4.09. The van der Waals surface area contributed by atoms with Gasteiger partial charge in [0.15, 0.2) is 23.3 Å². The number of carbonyl (C=O) groups excluding carboxylic acids is 1. The summed E-state index contributed by atoms with van der Waals surface area (Å²) in [5.74, 6) is -7.58. The van der Waals surface area contributed by atoms with Gasteiger partial charge in [0.05, 0.1) is 0 Å². The Morgan fingerprint density at radius 1 is 1.00 bits per heavy atom. The van der Waals surface area contributed by atoms with E-state index in [9.17, 15) is 22.4 Å². The summed E-state index contributed by atoms with van der Waals surface area (Å²) in [5.41, 5.74) is -1.24. The van der Waals surface area contributed by atoms with Crippen molar-refractivity contribution in [3.8, 4) is 0 Å². The molecule has 0 aliphatic heterocycles. The van der Waals surface area contributed by atoms with Crippen LogP contribution < -0.4 is 5.32 Å². The van der Waals surface area contributed by atoms with Crippen LogP contribution in [0.2, 0.25) is 5.02 Å². The van der Waals surface area contributed by atoms with Crippen LogP contribution in [-0.4, -0.2) is 5.91 Å². The minimum Gasteiger partial charge on any atom is -0.317 e. The first-order valence-electron chi connectivity index (χ1n) is 5.40. The molecule has 0 spiro atoms. The third kappa shape index (κ3) is 3.36. The monoisotopic (exact) mass is 381 g/mol. The quantitative estimate of drug-likeness (QED) is 0.580. The highest BCUT2D eigenvalue weighted by Crippen LogP contribution is 2.26. The van der Waals surface area contributed by atoms with E-state index in [0.717, 1.165) is 0 Å². The summed E-state index contributed by atoms with van der Waals surface area (Å²) < 4.78 is 53.4. The Hall–Kier alpha value is -1.60. The van der Waals surface area contributed by atoms with Gasteiger partial charge < -0.3 is 5.32 Å². The van der Waals surface area contributed by atoms with Gasteiger partial charge in [-0.15, -0.1) is 0 Å². The molecule has 21 heavy (non-hydrogen) atoms. The molecular formula is C13H5BrClF4NO. The molecule has 0 radical (unpaired) electrons. The van der Waals surface area contributed by atoms with Crippen LogP contribution >= 0.6 is 27.5 Å². The fourth-order valence-electron chi connectivity index (χ4n) is 1.55. The lowest BCUT2D eigenvalue weighted by atomic mass is 10.2. The third-order valence-electron chi connectivity index (χ3n) is 2.48. The van der Waals surface area contributed by atoms with E-state index in [4.69, 9.17) is 11.6 Å². The second-order valence-corrected chi connectivity index (χ2v) is 5.31. The molecule has 0 unspecified atom stereocenters. The van der Waals surface area contributed by atoms with E-state index in [1.807, 2.05) is 0 Å². The lowest BCUT2D eigenvalue weighted by Crippen LogP contribution is -2.16. The lowest BCUT2D eigenvalue weighted by Gasteiger charge is -2.09. The molecular weight excluding hydrogens is 377 g/mol. The SMILES string of the molecule is O=C(Nc1c(F)c(F)cc(F)c1F)c1cc(Cl)cc(Br)c1. The van der Waals surface area contributed by atoms with Crippen LogP contribution in [0.3, 0.4) is 0 Å². The van der Waals surface area contributed by atoms with E-state index >= 15 is 0 Å². The molecule has 0 saturated carbocycles. The van der Waals surface area contributed by atoms with Gasteiger partial charge in [-0.25, -0.2) is 17.6 Å². The zero-order valence-corrected chi connectivity index (χ0v) is 12.3. The van der Waals surface area contributed by atoms with Crippen LogP contribution in [-0.2, 0) is 0 Å². The molecule has 0 heterocycles. The number of carbonyl (C=O) groups is 1. The van der Waals surface area contributed by atoms with Gasteiger partial charge >= 0.3 is 0 Å². The van der Waals surface area contributed by atoms with E-state index in [1.54, 1.807) is 5.32 Å². The van der Waals surface area contributed by atoms with Gasteiger partial charge in [-0.1, -0.05) is 27.5 Å². The summed E-state index contributed by atoms with van der Waals surface area (Å²) in [7, 11) is 0. The molecule has 0 atom stereocenters. The van der Waals surface area contributed by atoms with Crippen molar-refractivity contribution in [3.05, 3.63) is 62.6 Å². The van der Waals surface area contributed by atoms with E-state index in [2.05, 4.69) is 15.9 Å². The minimum atomic E-state index is -1.69. The molecule has 0 aliphatic carbocycles. The summed E-state index contributed by atoms with van der Waals surface area (Å²) in [6.07, 6.45) is 0. The summed E-state index contributed by atoms with van der Waals surface area (Å²) >= 11 is 8.82. The first-order valence-corrected chi connectivity index (χ1v) is 6.57. The average Bonchev–Trinajstić information content (AvgIpc) is 2.40. The summed E-state index contributed by atoms with van der Waals surface area (Å²) in [6.45, 7) is 0. The van der Waals surface area contributed by atoms with Gasteiger partial charge in [0.1, 0.15) is 5.69 Å². The third-order valence-corrected chi connectivity index (χ3v) is 3.15. The molecule has 1 amide bonds. The van der Waals surface area contributed by atoms with Gasteiger partial charge in [-0.05, 0) is 18.2 Å². The van der Waals surface area contributed by atoms with Crippen molar-refractivity contribution in [2.24, 2.45) is 0 Å². The van der Waals surface area contributed by atoms with Crippen LogP contribution in [0.5, 0.6) is 0 Å². The van der Waals surface area contributed by atoms with Crippen molar-refractivity contribution in [2.45, 2.75) is 0 Å². The van der Waals surface area contributed by atoms with Crippen molar-refractivity contribution in [1.82, 2.24) is 0 Å². The molecule has 0 fully saturated rings. The Morgan fingerprint density at radius 3 is 2.10 bits per heavy atom. The Kier molecular flexibility index (Phi) is 4.53. The zero-order valence-electron chi connectivity index (χ0n) is 9.99. The predicted octanol–water partition coefficient (Wildman–Crippen LogP) is 4.91. The number of hydrogen-bond acceptors (Lipinski definition) is 1. The topological polar surface area (TPSA) is 29.1 Å². The molecule has 8 heteroatoms. The van der Waals surface area contributed by atoms with Gasteiger partial charge in [0, 0.05) is 21.1 Å². The largest absolute Gasteiger partial charge is 0.317 e. The number of rotatable bonds is 2. The summed E-state index contributed by atoms with van der Waals surface area (Å²) in [5, 5.41) is 1.98. The molecule has 0 bridgehead atoms. The van der Waals surface area contributed by atoms with Gasteiger partial charge in [0.25, 0.3) is 5.91 Å². The first kappa shape index (κ1) is 15.8. The Morgan fingerprint density at radius 2 is 1.57 bits per heavy atom. The van der Waals surface area contributed by atoms with Crippen molar-refractivity contribution in [3.63, 3.8) is 0 Å². The molecule has 1 N–H and O–H groups in total. The molecule has 2 aromatic carbocycles. The van der Waals surface area contributed by atoms with Crippen molar-refractivity contribution >= 4 is 39.1 Å². The Balaban J connectivity index is 2.40. The van der Waals surface area contributed by atoms with E-state index < -0.39 is 34.9 Å². The number of hydrogen-bond donors (Lipinski definition) is 1. The predicted molar refractivity (Wildman–Crippen MR) is 73.4 cm³/mol. The van der Waals surface area contributed by atoms with Crippen LogP contribution in [0.25, 0.3) is 0 Å². The van der Waals surface area contributed by atoms with Gasteiger partial charge in [0.2, 0.25) is 0 Å². The van der Waals surface area contributed by atoms with Crippen LogP contribution in [0.4, 0.5) is 23.2 Å². The number of halogens is 6. The fraction of sp³-hybridized carbons (Fsp3) is 0. The molecule has 0 saturated heterocycles. The highest BCUT2D eigenvalue weighted by atomic mass is 79.9. The molecule has 0 aliphatic rings. The molecule has 110 valence electrons. The second kappa shape index (κ2) is 6.03. The number of amides is 1. The lowest BCUT2D eigenvalue weighted by molar-refractivity contribution is 0.102. The maximum absolute atomic E-state index is 13.4. The van der Waals surface area contributed by atoms with E-state index in [1.165, 1.54) is 18.2 Å². The highest BCUT2D eigenvalue weighted by Gasteiger charge is 2.21. The molecule has 2 aromatic rings. The Labute approximate surface area is 129 Å². The number of benzene rings is 2. The maximum atomic E-state index is 13.4. The van der Waals surface area contributed by atoms with Gasteiger partial charge in [-0.3, -0.25) is 4.79 Å². The average molecular weight is 383 g/mol. The number of anilines is 1. The minimum absolute atomic E-state index is 0.0437. The normalized spacial score (nSPS) is 10.6. The summed E-state index contributed by atoms with van der Waals surface area (Å²) in [4.78, 5) is 11.9.